The van der Waals surface area contributed by atoms with Gasteiger partial charge in [0, 0.05) is 0 Å². The minimum absolute atomic E-state index is 0. The van der Waals surface area contributed by atoms with Gasteiger partial charge in [-0.25, -0.2) is 0 Å². The molecule has 0 aromatic rings. The second kappa shape index (κ2) is 10.0. The van der Waals surface area contributed by atoms with Gasteiger partial charge in [-0.1, -0.05) is 0 Å². The van der Waals surface area contributed by atoms with E-state index in [1.165, 1.54) is 0 Å². The summed E-state index contributed by atoms with van der Waals surface area (Å²) < 4.78 is 0. The summed E-state index contributed by atoms with van der Waals surface area (Å²) in [6.07, 6.45) is -2.08. The van der Waals surface area contributed by atoms with Crippen LogP contribution in [0.25, 0.3) is 0 Å². The normalized spacial score (nSPS) is 4.00. The zero-order chi connectivity index (χ0) is 3.58. The van der Waals surface area contributed by atoms with Crippen molar-refractivity contribution >= 4 is 35.7 Å². The molecule has 0 radical (unpaired) electrons. The molecule has 0 aromatic heterocycles. The van der Waals surface area contributed by atoms with Crippen LogP contribution in [-0.4, -0.2) is 40.8 Å². The Morgan fingerprint density at radius 3 is 1.67 bits per heavy atom. The monoisotopic (exact) mass is 124 g/mol. The topological polar surface area (TPSA) is 60.4 Å². The molecule has 26 valence electrons. The van der Waals surface area contributed by atoms with Crippen LogP contribution >= 0.6 is 0 Å². The molecule has 0 saturated carbocycles. The van der Waals surface area contributed by atoms with Crippen LogP contribution in [0.3, 0.4) is 0 Å². The Balaban J connectivity index is -0.0000000450. The predicted molar refractivity (Wildman–Crippen MR) is 15.2 cm³/mol. The van der Waals surface area contributed by atoms with Crippen LogP contribution in [0.5, 0.6) is 0 Å². The third kappa shape index (κ3) is 39.1. The van der Waals surface area contributed by atoms with Crippen molar-refractivity contribution in [2.24, 2.45) is 0 Å². The second-order valence-electron chi connectivity index (χ2n) is 0.266. The fraction of sp³-hybridized carbons (Fsp3) is 0. The van der Waals surface area contributed by atoms with Crippen molar-refractivity contribution in [3.63, 3.8) is 0 Å². The van der Waals surface area contributed by atoms with Crippen LogP contribution < -0.4 is 56.5 Å². The summed E-state index contributed by atoms with van der Waals surface area (Å²) in [4.78, 5) is 8.44. The first-order valence-corrected chi connectivity index (χ1v) is 0.632. The van der Waals surface area contributed by atoms with Gasteiger partial charge < -0.3 is 15.0 Å². The molecule has 0 saturated heterocycles. The summed E-state index contributed by atoms with van der Waals surface area (Å²) in [5.74, 6) is 0. The third-order valence-electron chi connectivity index (χ3n) is 0. The zero-order valence-electron chi connectivity index (χ0n) is 2.76. The van der Waals surface area contributed by atoms with Crippen molar-refractivity contribution in [3.05, 3.63) is 0 Å². The number of rotatable bonds is 0. The Morgan fingerprint density at radius 1 is 1.67 bits per heavy atom. The van der Waals surface area contributed by atoms with Crippen LogP contribution in [0.15, 0.2) is 0 Å². The Hall–Kier alpha value is 1.91. The summed E-state index contributed by atoms with van der Waals surface area (Å²) in [5.41, 5.74) is 0. The molecular formula is CH2KNaO3. The molecule has 0 rings (SSSR count). The van der Waals surface area contributed by atoms with E-state index in [9.17, 15) is 0 Å². The van der Waals surface area contributed by atoms with Crippen LogP contribution in [0.2, 0.25) is 0 Å². The fourth-order valence-electron chi connectivity index (χ4n) is 0. The average Bonchev–Trinajstić information content (AvgIpc) is 0.811. The second-order valence-corrected chi connectivity index (χ2v) is 0.266. The van der Waals surface area contributed by atoms with Gasteiger partial charge in [0.1, 0.15) is 0 Å². The van der Waals surface area contributed by atoms with E-state index >= 15 is 0 Å². The molecule has 0 fully saturated rings. The Morgan fingerprint density at radius 2 is 1.67 bits per heavy atom. The summed E-state index contributed by atoms with van der Waals surface area (Å²) in [6.45, 7) is 0. The van der Waals surface area contributed by atoms with Gasteiger partial charge in [-0.05, 0) is 0 Å². The van der Waals surface area contributed by atoms with Gasteiger partial charge >= 0.3 is 80.9 Å². The third-order valence-corrected chi connectivity index (χ3v) is 0. The molecule has 3 nitrogen and oxygen atoms in total. The molecule has 1 N–H and O–H groups in total. The number of carbonyl (C=O) groups is 1. The first-order valence-electron chi connectivity index (χ1n) is 0.632. The van der Waals surface area contributed by atoms with Gasteiger partial charge in [0.2, 0.25) is 6.16 Å². The first-order chi connectivity index (χ1) is 1.73. The molecule has 0 atom stereocenters. The summed E-state index contributed by atoms with van der Waals surface area (Å²) >= 11 is 0. The summed E-state index contributed by atoms with van der Waals surface area (Å²) in [5, 5.41) is 15.3. The molecule has 0 aromatic carbocycles. The van der Waals surface area contributed by atoms with E-state index in [4.69, 9.17) is 15.0 Å². The van der Waals surface area contributed by atoms with Crippen molar-refractivity contribution in [3.8, 4) is 0 Å². The van der Waals surface area contributed by atoms with E-state index in [2.05, 4.69) is 0 Å². The Labute approximate surface area is 99.8 Å². The average molecular weight is 124 g/mol. The molecule has 5 heteroatoms. The molecule has 0 amide bonds. The quantitative estimate of drug-likeness (QED) is 0.330. The molecule has 0 aliphatic rings. The van der Waals surface area contributed by atoms with Crippen LogP contribution in [-0.2, 0) is 0 Å². The molecular weight excluding hydrogens is 122 g/mol. The Kier molecular flexibility index (Phi) is 26.1. The van der Waals surface area contributed by atoms with Crippen LogP contribution in [0.1, 0.15) is 0 Å². The number of hydrogen-bond donors (Lipinski definition) is 1. The van der Waals surface area contributed by atoms with Crippen LogP contribution in [0, 0.1) is 0 Å². The van der Waals surface area contributed by atoms with E-state index in [0.29, 0.717) is 0 Å². The maximum atomic E-state index is 8.44. The van der Waals surface area contributed by atoms with E-state index in [0.717, 1.165) is 0 Å². The number of carboxylic acid groups (broad SMARTS) is 2. The van der Waals surface area contributed by atoms with Crippen LogP contribution in [0.4, 0.5) is 4.79 Å². The molecule has 0 bridgehead atoms. The molecule has 0 spiro atoms. The Bertz CT molecular complexity index is 33.8. The molecule has 0 aliphatic carbocycles. The van der Waals surface area contributed by atoms with Gasteiger partial charge in [0.25, 0.3) is 0 Å². The van der Waals surface area contributed by atoms with Crippen molar-refractivity contribution < 1.29 is 66.4 Å². The maximum absolute atomic E-state index is 8.44. The van der Waals surface area contributed by atoms with E-state index in [1.807, 2.05) is 0 Å². The van der Waals surface area contributed by atoms with E-state index in [-0.39, 0.29) is 80.9 Å². The van der Waals surface area contributed by atoms with E-state index < -0.39 is 6.16 Å². The number of hydrogen-bond acceptors (Lipinski definition) is 2. The summed E-state index contributed by atoms with van der Waals surface area (Å²) in [6, 6.07) is 0. The van der Waals surface area contributed by atoms with Gasteiger partial charge in [0.05, 0.1) is 0 Å². The fourth-order valence-corrected chi connectivity index (χ4v) is 0. The van der Waals surface area contributed by atoms with Crippen molar-refractivity contribution in [2.75, 3.05) is 0 Å². The zero-order valence-corrected chi connectivity index (χ0v) is 5.89. The molecule has 6 heavy (non-hydrogen) atoms. The van der Waals surface area contributed by atoms with Crippen molar-refractivity contribution in [1.29, 1.82) is 0 Å². The molecule has 0 unspecified atom stereocenters. The van der Waals surface area contributed by atoms with Gasteiger partial charge in [-0.3, -0.25) is 0 Å². The molecule has 0 heterocycles. The van der Waals surface area contributed by atoms with E-state index in [1.54, 1.807) is 0 Å². The molecule has 0 aliphatic heterocycles. The van der Waals surface area contributed by atoms with Gasteiger partial charge in [-0.2, -0.15) is 0 Å². The SMILES string of the molecule is O=C([O-])O.[K+].[NaH]. The van der Waals surface area contributed by atoms with Crippen molar-refractivity contribution in [1.82, 2.24) is 0 Å². The summed E-state index contributed by atoms with van der Waals surface area (Å²) in [7, 11) is 0. The van der Waals surface area contributed by atoms with Gasteiger partial charge in [-0.15, -0.1) is 0 Å². The standard InChI is InChI=1S/CH2O3.K.Na.H/c2-1(3)4;;;/h(H2,2,3,4);;;/q;+1;;/p-1. The predicted octanol–water partition coefficient (Wildman–Crippen LogP) is -4.76. The van der Waals surface area contributed by atoms with Gasteiger partial charge in [0.15, 0.2) is 0 Å². The minimum atomic E-state index is -2.08. The van der Waals surface area contributed by atoms with Crippen molar-refractivity contribution in [2.45, 2.75) is 0 Å². The first kappa shape index (κ1) is 15.7.